The molecule has 0 unspecified atom stereocenters. The Hall–Kier alpha value is -1.59. The molecular formula is C12H18BNO4. The Bertz CT molecular complexity index is 328. The molecule has 5 nitrogen and oxygen atoms in total. The van der Waals surface area contributed by atoms with Gasteiger partial charge in [-0.25, -0.2) is 0 Å². The minimum Gasteiger partial charge on any atom is -0.469 e. The van der Waals surface area contributed by atoms with E-state index in [0.29, 0.717) is 25.8 Å². The van der Waals surface area contributed by atoms with Crippen LogP contribution in [0, 0.1) is 0 Å². The normalized spacial score (nSPS) is 10.3. The van der Waals surface area contributed by atoms with Crippen LogP contribution >= 0.6 is 0 Å². The first-order valence-electron chi connectivity index (χ1n) is 5.80. The average molecular weight is 251 g/mol. The van der Waals surface area contributed by atoms with Crippen molar-refractivity contribution in [1.82, 2.24) is 4.90 Å². The number of nitrogens with zero attached hydrogens (tertiary/aromatic N) is 1. The molecule has 0 atom stereocenters. The number of imide groups is 1. The largest absolute Gasteiger partial charge is 0.469 e. The molecule has 0 fully saturated rings. The van der Waals surface area contributed by atoms with Gasteiger partial charge in [-0.15, -0.1) is 5.98 Å². The molecule has 2 amide bonds. The molecule has 0 saturated carbocycles. The van der Waals surface area contributed by atoms with Crippen LogP contribution in [-0.4, -0.2) is 44.2 Å². The molecule has 18 heavy (non-hydrogen) atoms. The van der Waals surface area contributed by atoms with Crippen LogP contribution in [0.15, 0.2) is 12.1 Å². The summed E-state index contributed by atoms with van der Waals surface area (Å²) in [5.74, 6) is 0.125. The molecule has 0 bridgehead atoms. The maximum absolute atomic E-state index is 11.5. The summed E-state index contributed by atoms with van der Waals surface area (Å²) >= 11 is 0. The lowest BCUT2D eigenvalue weighted by atomic mass is 10.1. The molecule has 0 aromatic carbocycles. The molecule has 0 spiro atoms. The van der Waals surface area contributed by atoms with E-state index in [4.69, 9.17) is 7.85 Å². The van der Waals surface area contributed by atoms with Gasteiger partial charge in [0.1, 0.15) is 7.85 Å². The molecule has 0 aromatic heterocycles. The fourth-order valence-corrected chi connectivity index (χ4v) is 1.41. The highest BCUT2D eigenvalue weighted by Gasteiger charge is 2.14. The third-order valence-electron chi connectivity index (χ3n) is 2.38. The van der Waals surface area contributed by atoms with Crippen LogP contribution in [0.4, 0.5) is 0 Å². The maximum Gasteiger partial charge on any atom is 0.305 e. The van der Waals surface area contributed by atoms with E-state index in [1.54, 1.807) is 0 Å². The van der Waals surface area contributed by atoms with Crippen molar-refractivity contribution in [2.75, 3.05) is 13.7 Å². The highest BCUT2D eigenvalue weighted by Crippen LogP contribution is 2.04. The molecule has 6 heteroatoms. The number of carbonyl (C=O) groups excluding carboxylic acids is 3. The number of hydrogen-bond donors (Lipinski definition) is 0. The summed E-state index contributed by atoms with van der Waals surface area (Å²) in [6.07, 6.45) is 3.58. The molecule has 2 radical (unpaired) electrons. The maximum atomic E-state index is 11.5. The fourth-order valence-electron chi connectivity index (χ4n) is 1.41. The Kier molecular flexibility index (Phi) is 8.61. The van der Waals surface area contributed by atoms with Gasteiger partial charge in [0.05, 0.1) is 7.11 Å². The molecule has 0 heterocycles. The number of methoxy groups -OCH3 is 1. The van der Waals surface area contributed by atoms with E-state index in [1.165, 1.54) is 14.0 Å². The first-order valence-corrected chi connectivity index (χ1v) is 5.80. The average Bonchev–Trinajstić information content (AvgIpc) is 2.32. The molecular weight excluding hydrogens is 233 g/mol. The van der Waals surface area contributed by atoms with Crippen molar-refractivity contribution >= 4 is 25.6 Å². The SMILES string of the molecule is [B]/C=C/C(=O)N(CCCCCC(=O)OC)C(C)=O. The van der Waals surface area contributed by atoms with Crippen molar-refractivity contribution in [2.24, 2.45) is 0 Å². The van der Waals surface area contributed by atoms with Gasteiger partial charge in [-0.3, -0.25) is 19.3 Å². The highest BCUT2D eigenvalue weighted by molar-refractivity contribution is 6.19. The summed E-state index contributed by atoms with van der Waals surface area (Å²) in [4.78, 5) is 34.7. The van der Waals surface area contributed by atoms with Crippen LogP contribution in [0.5, 0.6) is 0 Å². The van der Waals surface area contributed by atoms with Crippen LogP contribution < -0.4 is 0 Å². The number of unbranched alkanes of at least 4 members (excludes halogenated alkanes) is 2. The van der Waals surface area contributed by atoms with Crippen molar-refractivity contribution in [1.29, 1.82) is 0 Å². The van der Waals surface area contributed by atoms with Crippen molar-refractivity contribution in [3.8, 4) is 0 Å². The Labute approximate surface area is 109 Å². The highest BCUT2D eigenvalue weighted by atomic mass is 16.5. The van der Waals surface area contributed by atoms with Gasteiger partial charge in [-0.1, -0.05) is 6.42 Å². The number of hydrogen-bond acceptors (Lipinski definition) is 4. The van der Waals surface area contributed by atoms with E-state index in [1.807, 2.05) is 0 Å². The number of esters is 1. The number of amides is 2. The van der Waals surface area contributed by atoms with Crippen molar-refractivity contribution in [3.63, 3.8) is 0 Å². The van der Waals surface area contributed by atoms with Crippen molar-refractivity contribution < 1.29 is 19.1 Å². The molecule has 0 aromatic rings. The Balaban J connectivity index is 3.96. The van der Waals surface area contributed by atoms with Crippen LogP contribution in [0.25, 0.3) is 0 Å². The molecule has 0 rings (SSSR count). The molecule has 98 valence electrons. The monoisotopic (exact) mass is 251 g/mol. The Morgan fingerprint density at radius 2 is 1.89 bits per heavy atom. The Morgan fingerprint density at radius 1 is 1.22 bits per heavy atom. The number of rotatable bonds is 7. The van der Waals surface area contributed by atoms with E-state index >= 15 is 0 Å². The van der Waals surface area contributed by atoms with E-state index in [-0.39, 0.29) is 11.9 Å². The van der Waals surface area contributed by atoms with E-state index in [9.17, 15) is 14.4 Å². The van der Waals surface area contributed by atoms with Gasteiger partial charge in [-0.05, 0) is 18.9 Å². The van der Waals surface area contributed by atoms with E-state index < -0.39 is 5.91 Å². The third-order valence-corrected chi connectivity index (χ3v) is 2.38. The van der Waals surface area contributed by atoms with E-state index in [2.05, 4.69) is 4.74 Å². The quantitative estimate of drug-likeness (QED) is 0.290. The minimum atomic E-state index is -0.419. The molecule has 0 aliphatic heterocycles. The number of ether oxygens (including phenoxy) is 1. The topological polar surface area (TPSA) is 63.7 Å². The second-order valence-electron chi connectivity index (χ2n) is 3.75. The van der Waals surface area contributed by atoms with Gasteiger partial charge in [-0.2, -0.15) is 0 Å². The third kappa shape index (κ3) is 6.88. The zero-order chi connectivity index (χ0) is 14.0. The van der Waals surface area contributed by atoms with Crippen LogP contribution in [0.2, 0.25) is 0 Å². The minimum absolute atomic E-state index is 0.249. The lowest BCUT2D eigenvalue weighted by Gasteiger charge is -2.17. The summed E-state index contributed by atoms with van der Waals surface area (Å²) in [5.41, 5.74) is 0. The lowest BCUT2D eigenvalue weighted by Crippen LogP contribution is -2.34. The fraction of sp³-hybridized carbons (Fsp3) is 0.583. The van der Waals surface area contributed by atoms with Crippen LogP contribution in [-0.2, 0) is 19.1 Å². The predicted octanol–water partition coefficient (Wildman–Crippen LogP) is 0.777. The predicted molar refractivity (Wildman–Crippen MR) is 67.8 cm³/mol. The van der Waals surface area contributed by atoms with Gasteiger partial charge in [0.25, 0.3) is 5.91 Å². The standard InChI is InChI=1S/C12H18BNO4/c1-10(15)14(11(16)7-8-13)9-5-3-4-6-12(17)18-2/h7-8H,3-6,9H2,1-2H3/b8-7+. The first kappa shape index (κ1) is 16.4. The lowest BCUT2D eigenvalue weighted by molar-refractivity contribution is -0.142. The van der Waals surface area contributed by atoms with Crippen molar-refractivity contribution in [3.05, 3.63) is 12.1 Å². The first-order chi connectivity index (χ1) is 8.52. The smallest absolute Gasteiger partial charge is 0.305 e. The zero-order valence-electron chi connectivity index (χ0n) is 10.8. The summed E-state index contributed by atoms with van der Waals surface area (Å²) < 4.78 is 4.51. The van der Waals surface area contributed by atoms with Crippen LogP contribution in [0.3, 0.4) is 0 Å². The second-order valence-corrected chi connectivity index (χ2v) is 3.75. The molecule has 0 aliphatic rings. The van der Waals surface area contributed by atoms with Gasteiger partial charge in [0.15, 0.2) is 0 Å². The summed E-state index contributed by atoms with van der Waals surface area (Å²) in [6.45, 7) is 1.66. The van der Waals surface area contributed by atoms with Gasteiger partial charge >= 0.3 is 5.97 Å². The Morgan fingerprint density at radius 3 is 2.39 bits per heavy atom. The molecule has 0 N–H and O–H groups in total. The summed E-state index contributed by atoms with van der Waals surface area (Å²) in [7, 11) is 6.45. The van der Waals surface area contributed by atoms with Gasteiger partial charge < -0.3 is 4.74 Å². The second kappa shape index (κ2) is 9.45. The molecule has 0 saturated heterocycles. The summed E-state index contributed by atoms with van der Waals surface area (Å²) in [5, 5.41) is 0. The van der Waals surface area contributed by atoms with Gasteiger partial charge in [0.2, 0.25) is 5.91 Å². The van der Waals surface area contributed by atoms with E-state index in [0.717, 1.165) is 23.4 Å². The van der Waals surface area contributed by atoms with Gasteiger partial charge in [0, 0.05) is 19.9 Å². The zero-order valence-corrected chi connectivity index (χ0v) is 10.8. The van der Waals surface area contributed by atoms with Crippen molar-refractivity contribution in [2.45, 2.75) is 32.6 Å². The summed E-state index contributed by atoms with van der Waals surface area (Å²) in [6, 6.07) is 0. The number of carbonyl (C=O) groups is 3. The van der Waals surface area contributed by atoms with Crippen LogP contribution in [0.1, 0.15) is 32.6 Å². The molecule has 0 aliphatic carbocycles.